The summed E-state index contributed by atoms with van der Waals surface area (Å²) < 4.78 is 13.6. The van der Waals surface area contributed by atoms with Crippen LogP contribution in [0.2, 0.25) is 0 Å². The molecule has 0 bridgehead atoms. The Kier molecular flexibility index (Phi) is 7.56. The lowest BCUT2D eigenvalue weighted by atomic mass is 9.89. The Hall–Kier alpha value is -3.44. The van der Waals surface area contributed by atoms with Crippen molar-refractivity contribution in [2.24, 2.45) is 10.8 Å². The molecule has 0 spiro atoms. The number of hydrogen-bond acceptors (Lipinski definition) is 5. The van der Waals surface area contributed by atoms with Crippen molar-refractivity contribution in [2.75, 3.05) is 0 Å². The van der Waals surface area contributed by atoms with Gasteiger partial charge in [-0.05, 0) is 63.9 Å². The molecular weight excluding hydrogens is 480 g/mol. The predicted octanol–water partition coefficient (Wildman–Crippen LogP) is 8.26. The van der Waals surface area contributed by atoms with Crippen molar-refractivity contribution in [3.8, 4) is 0 Å². The quantitative estimate of drug-likeness (QED) is 0.243. The molecular formula is C32H34O4S. The standard InChI is InChI=1S/C32H34O4S/c1-31(2,3)29(33)35-27(21-14-8-7-9-15-21)23-17-10-11-18-24(23)28(36-30(34)32(4,5)6)25-20-37-26-19-13-12-16-22(25)26/h7-20,27-28H,1-6H3. The summed E-state index contributed by atoms with van der Waals surface area (Å²) >= 11 is 1.62. The van der Waals surface area contributed by atoms with Crippen molar-refractivity contribution in [3.05, 3.63) is 106 Å². The molecule has 5 heteroatoms. The van der Waals surface area contributed by atoms with Crippen molar-refractivity contribution < 1.29 is 19.1 Å². The second-order valence-corrected chi connectivity index (χ2v) is 12.2. The topological polar surface area (TPSA) is 52.6 Å². The second-order valence-electron chi connectivity index (χ2n) is 11.3. The van der Waals surface area contributed by atoms with Crippen LogP contribution < -0.4 is 0 Å². The van der Waals surface area contributed by atoms with Gasteiger partial charge in [0, 0.05) is 21.4 Å². The van der Waals surface area contributed by atoms with Crippen LogP contribution in [0.1, 0.15) is 76.0 Å². The van der Waals surface area contributed by atoms with Gasteiger partial charge in [0.1, 0.15) is 0 Å². The van der Waals surface area contributed by atoms with Gasteiger partial charge in [0.05, 0.1) is 10.8 Å². The number of benzene rings is 3. The number of fused-ring (bicyclic) bond motifs is 1. The van der Waals surface area contributed by atoms with Crippen LogP contribution in [-0.2, 0) is 19.1 Å². The highest BCUT2D eigenvalue weighted by molar-refractivity contribution is 7.17. The lowest BCUT2D eigenvalue weighted by Gasteiger charge is -2.29. The molecule has 4 nitrogen and oxygen atoms in total. The van der Waals surface area contributed by atoms with E-state index in [2.05, 4.69) is 17.5 Å². The minimum Gasteiger partial charge on any atom is -0.452 e. The monoisotopic (exact) mass is 514 g/mol. The van der Waals surface area contributed by atoms with Gasteiger partial charge in [-0.3, -0.25) is 9.59 Å². The zero-order valence-corrected chi connectivity index (χ0v) is 23.1. The fraction of sp³-hybridized carbons (Fsp3) is 0.312. The van der Waals surface area contributed by atoms with Crippen LogP contribution >= 0.6 is 11.3 Å². The fourth-order valence-corrected chi connectivity index (χ4v) is 4.97. The Morgan fingerprint density at radius 2 is 1.11 bits per heavy atom. The number of thiophene rings is 1. The molecule has 2 atom stereocenters. The van der Waals surface area contributed by atoms with Crippen LogP contribution in [0.4, 0.5) is 0 Å². The van der Waals surface area contributed by atoms with Gasteiger partial charge < -0.3 is 9.47 Å². The summed E-state index contributed by atoms with van der Waals surface area (Å²) in [7, 11) is 0. The molecule has 0 saturated heterocycles. The van der Waals surface area contributed by atoms with Gasteiger partial charge in [0.15, 0.2) is 12.2 Å². The fourth-order valence-electron chi connectivity index (χ4n) is 3.99. The van der Waals surface area contributed by atoms with Crippen LogP contribution in [0.5, 0.6) is 0 Å². The molecule has 1 heterocycles. The number of carbonyl (C=O) groups is 2. The van der Waals surface area contributed by atoms with Crippen molar-refractivity contribution in [2.45, 2.75) is 53.8 Å². The van der Waals surface area contributed by atoms with Crippen molar-refractivity contribution in [1.29, 1.82) is 0 Å². The molecule has 0 fully saturated rings. The molecule has 3 aromatic carbocycles. The predicted molar refractivity (Wildman–Crippen MR) is 149 cm³/mol. The van der Waals surface area contributed by atoms with E-state index in [1.54, 1.807) is 11.3 Å². The number of hydrogen-bond donors (Lipinski definition) is 0. The molecule has 0 radical (unpaired) electrons. The van der Waals surface area contributed by atoms with Crippen LogP contribution in [0.3, 0.4) is 0 Å². The zero-order valence-electron chi connectivity index (χ0n) is 22.3. The first-order valence-electron chi connectivity index (χ1n) is 12.5. The van der Waals surface area contributed by atoms with E-state index in [0.717, 1.165) is 32.3 Å². The number of esters is 2. The van der Waals surface area contributed by atoms with E-state index in [9.17, 15) is 9.59 Å². The average Bonchev–Trinajstić information content (AvgIpc) is 3.29. The second kappa shape index (κ2) is 10.5. The van der Waals surface area contributed by atoms with E-state index in [0.29, 0.717) is 0 Å². The molecule has 0 saturated carbocycles. The summed E-state index contributed by atoms with van der Waals surface area (Å²) in [6.07, 6.45) is -1.33. The van der Waals surface area contributed by atoms with E-state index in [1.807, 2.05) is 108 Å². The molecule has 2 unspecified atom stereocenters. The Morgan fingerprint density at radius 3 is 1.70 bits per heavy atom. The first-order chi connectivity index (χ1) is 17.5. The van der Waals surface area contributed by atoms with Gasteiger partial charge in [0.25, 0.3) is 0 Å². The van der Waals surface area contributed by atoms with Crippen LogP contribution in [0.25, 0.3) is 10.1 Å². The van der Waals surface area contributed by atoms with E-state index in [-0.39, 0.29) is 11.9 Å². The highest BCUT2D eigenvalue weighted by Gasteiger charge is 2.34. The number of carbonyl (C=O) groups excluding carboxylic acids is 2. The third-order valence-corrected chi connectivity index (χ3v) is 7.11. The van der Waals surface area contributed by atoms with Gasteiger partial charge in [-0.2, -0.15) is 0 Å². The maximum Gasteiger partial charge on any atom is 0.312 e. The van der Waals surface area contributed by atoms with Crippen molar-refractivity contribution in [1.82, 2.24) is 0 Å². The Bertz CT molecular complexity index is 1390. The lowest BCUT2D eigenvalue weighted by Crippen LogP contribution is -2.28. The highest BCUT2D eigenvalue weighted by Crippen LogP contribution is 2.41. The van der Waals surface area contributed by atoms with E-state index >= 15 is 0 Å². The van der Waals surface area contributed by atoms with Gasteiger partial charge in [-0.15, -0.1) is 11.3 Å². The maximum absolute atomic E-state index is 13.2. The first-order valence-corrected chi connectivity index (χ1v) is 13.4. The molecule has 192 valence electrons. The lowest BCUT2D eigenvalue weighted by molar-refractivity contribution is -0.158. The molecule has 1 aromatic heterocycles. The maximum atomic E-state index is 13.2. The van der Waals surface area contributed by atoms with E-state index in [4.69, 9.17) is 9.47 Å². The first kappa shape index (κ1) is 26.6. The van der Waals surface area contributed by atoms with E-state index < -0.39 is 23.0 Å². The molecule has 37 heavy (non-hydrogen) atoms. The molecule has 0 amide bonds. The molecule has 0 aliphatic rings. The zero-order chi connectivity index (χ0) is 26.8. The SMILES string of the molecule is CC(C)(C)C(=O)OC(c1ccccc1)c1ccccc1C(OC(=O)C(C)(C)C)c1csc2ccccc12. The summed E-state index contributed by atoms with van der Waals surface area (Å²) in [6, 6.07) is 25.6. The molecule has 4 rings (SSSR count). The third kappa shape index (κ3) is 5.94. The van der Waals surface area contributed by atoms with Crippen LogP contribution in [0, 0.1) is 10.8 Å². The minimum absolute atomic E-state index is 0.300. The summed E-state index contributed by atoms with van der Waals surface area (Å²) in [6.45, 7) is 11.1. The number of ether oxygens (including phenoxy) is 2. The Labute approximate surface area is 223 Å². The summed E-state index contributed by atoms with van der Waals surface area (Å²) in [5.74, 6) is -0.606. The molecule has 4 aromatic rings. The molecule has 0 N–H and O–H groups in total. The van der Waals surface area contributed by atoms with Crippen LogP contribution in [0.15, 0.2) is 84.2 Å². The van der Waals surface area contributed by atoms with Gasteiger partial charge in [-0.1, -0.05) is 72.8 Å². The van der Waals surface area contributed by atoms with Gasteiger partial charge >= 0.3 is 11.9 Å². The average molecular weight is 515 g/mol. The highest BCUT2D eigenvalue weighted by atomic mass is 32.1. The van der Waals surface area contributed by atoms with Crippen LogP contribution in [-0.4, -0.2) is 11.9 Å². The smallest absolute Gasteiger partial charge is 0.312 e. The molecule has 0 aliphatic carbocycles. The normalized spacial score (nSPS) is 13.7. The Morgan fingerprint density at radius 1 is 0.622 bits per heavy atom. The van der Waals surface area contributed by atoms with Crippen molar-refractivity contribution >= 4 is 33.4 Å². The van der Waals surface area contributed by atoms with Crippen molar-refractivity contribution in [3.63, 3.8) is 0 Å². The summed E-state index contributed by atoms with van der Waals surface area (Å²) in [4.78, 5) is 26.3. The number of rotatable bonds is 6. The summed E-state index contributed by atoms with van der Waals surface area (Å²) in [5, 5.41) is 3.10. The van der Waals surface area contributed by atoms with E-state index in [1.165, 1.54) is 0 Å². The summed E-state index contributed by atoms with van der Waals surface area (Å²) in [5.41, 5.74) is 1.98. The minimum atomic E-state index is -0.684. The largest absolute Gasteiger partial charge is 0.452 e. The van der Waals surface area contributed by atoms with Gasteiger partial charge in [0.2, 0.25) is 0 Å². The van der Waals surface area contributed by atoms with Gasteiger partial charge in [-0.25, -0.2) is 0 Å². The Balaban J connectivity index is 1.90. The third-order valence-electron chi connectivity index (χ3n) is 6.13. The molecule has 0 aliphatic heterocycles.